The van der Waals surface area contributed by atoms with Crippen molar-refractivity contribution in [3.8, 4) is 22.8 Å². The van der Waals surface area contributed by atoms with Crippen molar-refractivity contribution in [3.05, 3.63) is 71.2 Å². The molecule has 1 spiro atoms. The van der Waals surface area contributed by atoms with E-state index in [4.69, 9.17) is 9.72 Å². The molecule has 0 unspecified atom stereocenters. The smallest absolute Gasteiger partial charge is 0.166 e. The average Bonchev–Trinajstić information content (AvgIpc) is 3.13. The Balaban J connectivity index is 1.45. The van der Waals surface area contributed by atoms with Gasteiger partial charge in [-0.15, -0.1) is 0 Å². The second-order valence-corrected chi connectivity index (χ2v) is 9.28. The molecule has 2 aromatic heterocycles. The molecule has 3 aromatic rings. The first kappa shape index (κ1) is 16.8. The molecular formula is C25H23N3O2. The normalized spacial score (nSPS) is 30.4. The number of likely N-dealkylation sites (N-methyl/N-ethyl adjacent to an activating group) is 1. The highest BCUT2D eigenvalue weighted by atomic mass is 16.5. The summed E-state index contributed by atoms with van der Waals surface area (Å²) < 4.78 is 6.57. The van der Waals surface area contributed by atoms with Gasteiger partial charge >= 0.3 is 0 Å². The van der Waals surface area contributed by atoms with E-state index >= 15 is 0 Å². The molecule has 1 aromatic carbocycles. The number of pyridine rings is 2. The summed E-state index contributed by atoms with van der Waals surface area (Å²) in [6.45, 7) is 1.05. The van der Waals surface area contributed by atoms with Gasteiger partial charge in [0.1, 0.15) is 0 Å². The summed E-state index contributed by atoms with van der Waals surface area (Å²) in [5.74, 6) is 1.43. The third-order valence-corrected chi connectivity index (χ3v) is 8.04. The van der Waals surface area contributed by atoms with E-state index in [1.165, 1.54) is 16.7 Å². The van der Waals surface area contributed by atoms with Gasteiger partial charge < -0.3 is 14.7 Å². The maximum absolute atomic E-state index is 10.6. The van der Waals surface area contributed by atoms with Crippen LogP contribution in [0.5, 0.6) is 11.5 Å². The van der Waals surface area contributed by atoms with Crippen LogP contribution < -0.4 is 4.74 Å². The van der Waals surface area contributed by atoms with Gasteiger partial charge in [-0.05, 0) is 74.2 Å². The molecule has 4 heterocycles. The number of nitrogens with zero attached hydrogens (tertiary/aromatic N) is 3. The van der Waals surface area contributed by atoms with Gasteiger partial charge in [-0.2, -0.15) is 0 Å². The zero-order valence-electron chi connectivity index (χ0n) is 16.9. The van der Waals surface area contributed by atoms with Gasteiger partial charge in [0.2, 0.25) is 0 Å². The second-order valence-electron chi connectivity index (χ2n) is 9.28. The molecule has 1 N–H and O–H groups in total. The average molecular weight is 397 g/mol. The summed E-state index contributed by atoms with van der Waals surface area (Å²) in [6.07, 6.45) is 6.69. The van der Waals surface area contributed by atoms with Crippen LogP contribution in [0.25, 0.3) is 11.3 Å². The second kappa shape index (κ2) is 5.61. The zero-order valence-corrected chi connectivity index (χ0v) is 16.9. The quantitative estimate of drug-likeness (QED) is 0.679. The van der Waals surface area contributed by atoms with E-state index in [1.807, 2.05) is 30.6 Å². The van der Waals surface area contributed by atoms with Crippen molar-refractivity contribution in [3.63, 3.8) is 0 Å². The minimum absolute atomic E-state index is 0.0780. The monoisotopic (exact) mass is 397 g/mol. The number of ether oxygens (including phenoxy) is 1. The van der Waals surface area contributed by atoms with Crippen molar-refractivity contribution < 1.29 is 9.84 Å². The fraction of sp³-hybridized carbons (Fsp3) is 0.360. The number of benzene rings is 1. The van der Waals surface area contributed by atoms with Gasteiger partial charge in [0.25, 0.3) is 0 Å². The molecule has 30 heavy (non-hydrogen) atoms. The predicted molar refractivity (Wildman–Crippen MR) is 113 cm³/mol. The highest BCUT2D eigenvalue weighted by molar-refractivity contribution is 5.64. The zero-order chi connectivity index (χ0) is 20.0. The summed E-state index contributed by atoms with van der Waals surface area (Å²) >= 11 is 0. The van der Waals surface area contributed by atoms with Crippen LogP contribution in [0, 0.1) is 5.92 Å². The van der Waals surface area contributed by atoms with Crippen molar-refractivity contribution >= 4 is 0 Å². The Hall–Kier alpha value is -2.92. The summed E-state index contributed by atoms with van der Waals surface area (Å²) in [5.41, 5.74) is 6.83. The molecule has 2 aliphatic carbocycles. The van der Waals surface area contributed by atoms with Crippen LogP contribution in [0.15, 0.2) is 48.8 Å². The molecule has 1 fully saturated rings. The van der Waals surface area contributed by atoms with Gasteiger partial charge in [0, 0.05) is 35.0 Å². The van der Waals surface area contributed by atoms with E-state index in [0.717, 1.165) is 42.8 Å². The number of aromatic nitrogens is 2. The summed E-state index contributed by atoms with van der Waals surface area (Å²) in [7, 11) is 2.26. The number of rotatable bonds is 1. The van der Waals surface area contributed by atoms with E-state index in [1.54, 1.807) is 6.07 Å². The highest BCUT2D eigenvalue weighted by Crippen LogP contribution is 2.66. The standard InChI is InChI=1S/C25H23N3O2/c1-28-9-7-25-17-11-15-10-16(18-4-2-3-8-26-18)13-27-22(15)24(25)30-23-20(29)6-5-14(21(23)25)12-19(17)28/h2-6,8,10,13,17,19,24,29H,7,9,11-12H2,1H3/t17-,19+,24-,25-/m0/s1. The number of hydrogen-bond donors (Lipinski definition) is 1. The Morgan fingerprint density at radius 3 is 2.93 bits per heavy atom. The molecule has 5 nitrogen and oxygen atoms in total. The minimum Gasteiger partial charge on any atom is -0.504 e. The van der Waals surface area contributed by atoms with Crippen molar-refractivity contribution in [2.75, 3.05) is 13.6 Å². The first-order valence-electron chi connectivity index (χ1n) is 10.8. The molecular weight excluding hydrogens is 374 g/mol. The van der Waals surface area contributed by atoms with E-state index in [-0.39, 0.29) is 17.3 Å². The maximum atomic E-state index is 10.6. The van der Waals surface area contributed by atoms with Crippen LogP contribution in [0.2, 0.25) is 0 Å². The third-order valence-electron chi connectivity index (χ3n) is 8.04. The Bertz CT molecular complexity index is 1190. The molecule has 2 aliphatic heterocycles. The number of aromatic hydroxyl groups is 1. The van der Waals surface area contributed by atoms with E-state index in [2.05, 4.69) is 29.1 Å². The molecule has 0 saturated carbocycles. The van der Waals surface area contributed by atoms with Gasteiger partial charge in [-0.25, -0.2) is 0 Å². The van der Waals surface area contributed by atoms with E-state index < -0.39 is 0 Å². The molecule has 0 amide bonds. The number of likely N-dealkylation sites (tertiary alicyclic amines) is 1. The first-order chi connectivity index (χ1) is 14.7. The largest absolute Gasteiger partial charge is 0.504 e. The Kier molecular flexibility index (Phi) is 3.15. The Morgan fingerprint density at radius 2 is 2.07 bits per heavy atom. The van der Waals surface area contributed by atoms with Crippen LogP contribution in [0.4, 0.5) is 0 Å². The van der Waals surface area contributed by atoms with Crippen molar-refractivity contribution in [2.24, 2.45) is 5.92 Å². The van der Waals surface area contributed by atoms with Crippen molar-refractivity contribution in [1.82, 2.24) is 14.9 Å². The lowest BCUT2D eigenvalue weighted by Crippen LogP contribution is -2.62. The number of piperidine rings is 1. The molecule has 4 atom stereocenters. The first-order valence-corrected chi connectivity index (χ1v) is 10.8. The lowest BCUT2D eigenvalue weighted by atomic mass is 9.51. The molecule has 7 rings (SSSR count). The number of fused-ring (bicyclic) bond motifs is 2. The molecule has 4 aliphatic rings. The fourth-order valence-corrected chi connectivity index (χ4v) is 6.74. The highest BCUT2D eigenvalue weighted by Gasteiger charge is 2.64. The minimum atomic E-state index is -0.123. The fourth-order valence-electron chi connectivity index (χ4n) is 6.74. The van der Waals surface area contributed by atoms with Crippen LogP contribution in [0.3, 0.4) is 0 Å². The summed E-state index contributed by atoms with van der Waals surface area (Å²) in [4.78, 5) is 12.0. The van der Waals surface area contributed by atoms with Crippen LogP contribution in [-0.2, 0) is 18.3 Å². The van der Waals surface area contributed by atoms with Gasteiger partial charge in [0.05, 0.1) is 11.4 Å². The van der Waals surface area contributed by atoms with Gasteiger partial charge in [0.15, 0.2) is 17.6 Å². The molecule has 150 valence electrons. The van der Waals surface area contributed by atoms with Crippen molar-refractivity contribution in [2.45, 2.75) is 36.8 Å². The lowest BCUT2D eigenvalue weighted by Gasteiger charge is -2.57. The summed E-state index contributed by atoms with van der Waals surface area (Å²) in [5, 5.41) is 10.6. The molecule has 1 saturated heterocycles. The predicted octanol–water partition coefficient (Wildman–Crippen LogP) is 3.65. The van der Waals surface area contributed by atoms with E-state index in [0.29, 0.717) is 17.7 Å². The van der Waals surface area contributed by atoms with Gasteiger partial charge in [-0.3, -0.25) is 9.97 Å². The van der Waals surface area contributed by atoms with E-state index in [9.17, 15) is 5.11 Å². The third kappa shape index (κ3) is 1.92. The molecule has 5 heteroatoms. The van der Waals surface area contributed by atoms with Crippen molar-refractivity contribution in [1.29, 1.82) is 0 Å². The molecule has 0 radical (unpaired) electrons. The maximum Gasteiger partial charge on any atom is 0.166 e. The Morgan fingerprint density at radius 1 is 1.13 bits per heavy atom. The lowest BCUT2D eigenvalue weighted by molar-refractivity contribution is -0.0260. The van der Waals surface area contributed by atoms with Crippen LogP contribution in [0.1, 0.15) is 34.9 Å². The molecule has 2 bridgehead atoms. The summed E-state index contributed by atoms with van der Waals surface area (Å²) in [6, 6.07) is 12.6. The number of phenolic OH excluding ortho intramolecular Hbond substituents is 1. The number of phenols is 1. The number of hydrogen-bond acceptors (Lipinski definition) is 5. The van der Waals surface area contributed by atoms with Gasteiger partial charge in [-0.1, -0.05) is 12.1 Å². The SMILES string of the molecule is CN1CC[C@]23c4c5ccc(O)c4O[C@H]2c2ncc(-c4ccccn4)cc2C[C@H]3[C@H]1C5. The Labute approximate surface area is 175 Å². The van der Waals surface area contributed by atoms with Crippen LogP contribution >= 0.6 is 0 Å². The van der Waals surface area contributed by atoms with Crippen LogP contribution in [-0.4, -0.2) is 39.6 Å². The topological polar surface area (TPSA) is 58.5 Å².